The molecule has 2 aromatic carbocycles. The Morgan fingerprint density at radius 3 is 2.43 bits per heavy atom. The molecule has 250 valence electrons. The SMILES string of the molecule is CCCCc1nc(Cl)c(COC(=O)CCC(=O)OCCCCC(C)O[N+](=O)[O-])n1Cc1ccc(-c2ccccc2-c2nn[nH]n2)cc1. The van der Waals surface area contributed by atoms with Crippen molar-refractivity contribution in [3.63, 3.8) is 0 Å². The van der Waals surface area contributed by atoms with Gasteiger partial charge in [0.1, 0.15) is 18.5 Å². The number of aromatic nitrogens is 6. The van der Waals surface area contributed by atoms with Crippen molar-refractivity contribution in [2.75, 3.05) is 6.61 Å². The Morgan fingerprint density at radius 1 is 1.02 bits per heavy atom. The highest BCUT2D eigenvalue weighted by Gasteiger charge is 2.19. The summed E-state index contributed by atoms with van der Waals surface area (Å²) in [5, 5.41) is 24.2. The van der Waals surface area contributed by atoms with E-state index in [1.165, 1.54) is 0 Å². The van der Waals surface area contributed by atoms with Crippen LogP contribution in [0.1, 0.15) is 75.9 Å². The molecule has 4 rings (SSSR count). The van der Waals surface area contributed by atoms with E-state index in [4.69, 9.17) is 21.1 Å². The molecule has 0 fully saturated rings. The van der Waals surface area contributed by atoms with Gasteiger partial charge in [0.05, 0.1) is 25.1 Å². The first-order valence-electron chi connectivity index (χ1n) is 15.5. The Morgan fingerprint density at radius 2 is 1.74 bits per heavy atom. The highest BCUT2D eigenvalue weighted by molar-refractivity contribution is 6.30. The van der Waals surface area contributed by atoms with E-state index in [2.05, 4.69) is 37.4 Å². The minimum Gasteiger partial charge on any atom is -0.466 e. The van der Waals surface area contributed by atoms with Gasteiger partial charge in [-0.25, -0.2) is 4.98 Å². The standard InChI is InChI=1S/C32H38ClN7O7/c1-3-4-12-28-34-31(33)27(21-46-30(42)18-17-29(41)45-19-8-7-9-22(2)47-40(43)44)39(28)20-23-13-15-24(16-14-23)25-10-5-6-11-26(25)32-35-37-38-36-32/h5-6,10-11,13-16,22H,3-4,7-9,12,17-21H2,1-2H3,(H,35,36,37,38). The maximum atomic E-state index is 12.5. The fourth-order valence-electron chi connectivity index (χ4n) is 4.95. The van der Waals surface area contributed by atoms with E-state index in [0.717, 1.165) is 40.9 Å². The Bertz CT molecular complexity index is 1610. The number of ether oxygens (including phenoxy) is 2. The summed E-state index contributed by atoms with van der Waals surface area (Å²) in [6.07, 6.45) is 3.41. The lowest BCUT2D eigenvalue weighted by Crippen LogP contribution is -2.14. The van der Waals surface area contributed by atoms with Crippen LogP contribution < -0.4 is 0 Å². The fraction of sp³-hybridized carbons (Fsp3) is 0.438. The highest BCUT2D eigenvalue weighted by Crippen LogP contribution is 2.30. The van der Waals surface area contributed by atoms with Gasteiger partial charge in [-0.1, -0.05) is 73.5 Å². The Kier molecular flexibility index (Phi) is 13.2. The molecule has 0 aliphatic carbocycles. The number of benzene rings is 2. The van der Waals surface area contributed by atoms with E-state index in [0.29, 0.717) is 43.7 Å². The number of aryl methyl sites for hydroxylation is 1. The first kappa shape index (κ1) is 35.0. The van der Waals surface area contributed by atoms with Crippen molar-refractivity contribution in [3.05, 3.63) is 80.9 Å². The van der Waals surface area contributed by atoms with Crippen molar-refractivity contribution in [2.45, 2.75) is 84.5 Å². The van der Waals surface area contributed by atoms with Crippen LogP contribution in [0.15, 0.2) is 48.5 Å². The van der Waals surface area contributed by atoms with Gasteiger partial charge in [0.15, 0.2) is 5.15 Å². The zero-order valence-electron chi connectivity index (χ0n) is 26.4. The molecule has 0 saturated carbocycles. The molecular formula is C32H38ClN7O7. The summed E-state index contributed by atoms with van der Waals surface area (Å²) >= 11 is 6.55. The topological polar surface area (TPSA) is 177 Å². The molecule has 0 bridgehead atoms. The van der Waals surface area contributed by atoms with Gasteiger partial charge in [-0.05, 0) is 54.5 Å². The van der Waals surface area contributed by atoms with Crippen molar-refractivity contribution in [3.8, 4) is 22.5 Å². The van der Waals surface area contributed by atoms with Crippen LogP contribution in [-0.4, -0.2) is 59.9 Å². The van der Waals surface area contributed by atoms with Gasteiger partial charge in [-0.3, -0.25) is 9.59 Å². The number of nitrogens with zero attached hydrogens (tertiary/aromatic N) is 6. The summed E-state index contributed by atoms with van der Waals surface area (Å²) in [5.74, 6) is 0.234. The number of halogens is 1. The molecule has 1 N–H and O–H groups in total. The fourth-order valence-corrected chi connectivity index (χ4v) is 5.20. The zero-order chi connectivity index (χ0) is 33.6. The third-order valence-corrected chi connectivity index (χ3v) is 7.72. The minimum atomic E-state index is -0.822. The molecular weight excluding hydrogens is 630 g/mol. The van der Waals surface area contributed by atoms with Gasteiger partial charge in [0, 0.05) is 18.5 Å². The molecule has 1 unspecified atom stereocenters. The first-order chi connectivity index (χ1) is 22.7. The Hall–Kier alpha value is -4.85. The van der Waals surface area contributed by atoms with Crippen molar-refractivity contribution in [1.29, 1.82) is 0 Å². The molecule has 47 heavy (non-hydrogen) atoms. The molecule has 2 aromatic heterocycles. The number of hydrogen-bond acceptors (Lipinski definition) is 11. The van der Waals surface area contributed by atoms with Crippen LogP contribution in [0.3, 0.4) is 0 Å². The summed E-state index contributed by atoms with van der Waals surface area (Å²) in [7, 11) is 0. The van der Waals surface area contributed by atoms with Crippen LogP contribution in [0, 0.1) is 10.1 Å². The van der Waals surface area contributed by atoms with Crippen molar-refractivity contribution in [1.82, 2.24) is 30.2 Å². The molecule has 0 aliphatic rings. The largest absolute Gasteiger partial charge is 0.466 e. The van der Waals surface area contributed by atoms with Crippen molar-refractivity contribution in [2.24, 2.45) is 0 Å². The third kappa shape index (κ3) is 10.6. The lowest BCUT2D eigenvalue weighted by Gasteiger charge is -2.14. The van der Waals surface area contributed by atoms with Crippen LogP contribution in [-0.2, 0) is 43.5 Å². The molecule has 4 aromatic rings. The number of nitrogens with one attached hydrogen (secondary N) is 1. The van der Waals surface area contributed by atoms with Crippen LogP contribution in [0.2, 0.25) is 5.15 Å². The number of hydrogen-bond donors (Lipinski definition) is 1. The summed E-state index contributed by atoms with van der Waals surface area (Å²) in [5.41, 5.74) is 4.42. The quantitative estimate of drug-likeness (QED) is 0.0544. The molecule has 0 aliphatic heterocycles. The number of carbonyl (C=O) groups excluding carboxylic acids is 2. The predicted octanol–water partition coefficient (Wildman–Crippen LogP) is 5.91. The van der Waals surface area contributed by atoms with E-state index >= 15 is 0 Å². The van der Waals surface area contributed by atoms with Crippen LogP contribution in [0.25, 0.3) is 22.5 Å². The number of rotatable bonds is 19. The number of aromatic amines is 1. The van der Waals surface area contributed by atoms with Crippen molar-refractivity contribution >= 4 is 23.5 Å². The minimum absolute atomic E-state index is 0.0909. The number of imidazole rings is 1. The second-order valence-electron chi connectivity index (χ2n) is 10.9. The lowest BCUT2D eigenvalue weighted by molar-refractivity contribution is -0.767. The first-order valence-corrected chi connectivity index (χ1v) is 15.9. The van der Waals surface area contributed by atoms with Gasteiger partial charge in [-0.15, -0.1) is 20.3 Å². The average Bonchev–Trinajstić information content (AvgIpc) is 3.70. The zero-order valence-corrected chi connectivity index (χ0v) is 27.1. The third-order valence-electron chi connectivity index (χ3n) is 7.41. The van der Waals surface area contributed by atoms with E-state index in [-0.39, 0.29) is 31.2 Å². The molecule has 2 heterocycles. The smallest absolute Gasteiger partial charge is 0.306 e. The Labute approximate surface area is 276 Å². The molecule has 1 atom stereocenters. The van der Waals surface area contributed by atoms with Gasteiger partial charge in [0.2, 0.25) is 5.82 Å². The van der Waals surface area contributed by atoms with Gasteiger partial charge in [-0.2, -0.15) is 5.21 Å². The monoisotopic (exact) mass is 667 g/mol. The van der Waals surface area contributed by atoms with E-state index in [1.807, 2.05) is 53.1 Å². The number of unbranched alkanes of at least 4 members (excludes halogenated alkanes) is 2. The average molecular weight is 668 g/mol. The summed E-state index contributed by atoms with van der Waals surface area (Å²) in [6, 6.07) is 16.0. The van der Waals surface area contributed by atoms with Gasteiger partial charge < -0.3 is 18.9 Å². The van der Waals surface area contributed by atoms with Crippen molar-refractivity contribution < 1.29 is 29.0 Å². The maximum Gasteiger partial charge on any atom is 0.306 e. The lowest BCUT2D eigenvalue weighted by atomic mass is 9.98. The maximum absolute atomic E-state index is 12.5. The number of esters is 2. The van der Waals surface area contributed by atoms with Gasteiger partial charge in [0.25, 0.3) is 5.09 Å². The van der Waals surface area contributed by atoms with E-state index < -0.39 is 23.1 Å². The van der Waals surface area contributed by atoms with Crippen LogP contribution >= 0.6 is 11.6 Å². The molecule has 14 nitrogen and oxygen atoms in total. The predicted molar refractivity (Wildman–Crippen MR) is 171 cm³/mol. The van der Waals surface area contributed by atoms with E-state index in [9.17, 15) is 19.7 Å². The molecule has 15 heteroatoms. The van der Waals surface area contributed by atoms with Gasteiger partial charge >= 0.3 is 11.9 Å². The van der Waals surface area contributed by atoms with E-state index in [1.54, 1.807) is 6.92 Å². The number of tetrazole rings is 1. The Balaban J connectivity index is 1.33. The number of carbonyl (C=O) groups is 2. The second-order valence-corrected chi connectivity index (χ2v) is 11.3. The second kappa shape index (κ2) is 17.7. The molecule has 0 spiro atoms. The van der Waals surface area contributed by atoms with Crippen LogP contribution in [0.4, 0.5) is 0 Å². The molecule has 0 amide bonds. The molecule has 0 radical (unpaired) electrons. The number of H-pyrrole nitrogens is 1. The summed E-state index contributed by atoms with van der Waals surface area (Å²) in [4.78, 5) is 44.0. The summed E-state index contributed by atoms with van der Waals surface area (Å²) in [6.45, 7) is 4.24. The molecule has 0 saturated heterocycles. The summed E-state index contributed by atoms with van der Waals surface area (Å²) < 4.78 is 12.6. The highest BCUT2D eigenvalue weighted by atomic mass is 35.5. The van der Waals surface area contributed by atoms with Crippen LogP contribution in [0.5, 0.6) is 0 Å². The normalized spacial score (nSPS) is 11.6.